The van der Waals surface area contributed by atoms with Gasteiger partial charge in [-0.25, -0.2) is 9.78 Å². The van der Waals surface area contributed by atoms with Crippen molar-refractivity contribution in [2.24, 2.45) is 17.8 Å². The van der Waals surface area contributed by atoms with E-state index in [1.165, 1.54) is 5.56 Å². The third-order valence-electron chi connectivity index (χ3n) is 10.2. The Balaban J connectivity index is 1.33. The van der Waals surface area contributed by atoms with Gasteiger partial charge in [0, 0.05) is 29.5 Å². The standard InChI is InChI=1S/C35H46N4O5/c1-4-26-19-35(26,3)38-31(40)29-18-27-20-39(29)33(41)30(25-11-6-5-7-12-25)37-34(42)43-21-22(2)9-8-10-23-13-14-24-15-16-36-32(44-27)28(24)17-23/h4,13-17,22,25-27,29-30H,1,5-12,18-21H2,2-3H3,(H,37,42)(H,38,40)/t22-,26?,27+,29-,30-,35?/m0/s1. The van der Waals surface area contributed by atoms with E-state index in [-0.39, 0.29) is 48.3 Å². The predicted octanol–water partition coefficient (Wildman–Crippen LogP) is 5.31. The number of rotatable bonds is 4. The van der Waals surface area contributed by atoms with Crippen LogP contribution in [0.25, 0.3) is 10.8 Å². The number of carbonyl (C=O) groups is 3. The summed E-state index contributed by atoms with van der Waals surface area (Å²) in [6.07, 6.45) is 11.3. The Morgan fingerprint density at radius 1 is 1.16 bits per heavy atom. The fourth-order valence-corrected chi connectivity index (χ4v) is 7.37. The number of amides is 3. The van der Waals surface area contributed by atoms with Crippen LogP contribution in [0.1, 0.15) is 77.2 Å². The van der Waals surface area contributed by atoms with Crippen LogP contribution >= 0.6 is 0 Å². The van der Waals surface area contributed by atoms with E-state index in [0.29, 0.717) is 12.3 Å². The van der Waals surface area contributed by atoms with Gasteiger partial charge in [0.1, 0.15) is 18.2 Å². The van der Waals surface area contributed by atoms with Crippen molar-refractivity contribution in [3.63, 3.8) is 0 Å². The molecular formula is C35H46N4O5. The molecule has 2 aromatic rings. The Morgan fingerprint density at radius 3 is 2.75 bits per heavy atom. The van der Waals surface area contributed by atoms with Crippen molar-refractivity contribution >= 4 is 28.7 Å². The molecule has 3 amide bonds. The highest BCUT2D eigenvalue weighted by Gasteiger charge is 2.52. The molecule has 0 spiro atoms. The van der Waals surface area contributed by atoms with Gasteiger partial charge in [-0.3, -0.25) is 9.59 Å². The number of hydrogen-bond acceptors (Lipinski definition) is 6. The minimum absolute atomic E-state index is 0.0141. The van der Waals surface area contributed by atoms with Crippen molar-refractivity contribution < 1.29 is 23.9 Å². The van der Waals surface area contributed by atoms with E-state index < -0.39 is 24.3 Å². The number of benzene rings is 1. The van der Waals surface area contributed by atoms with Crippen molar-refractivity contribution in [1.82, 2.24) is 20.5 Å². The summed E-state index contributed by atoms with van der Waals surface area (Å²) in [5.74, 6) is 0.441. The van der Waals surface area contributed by atoms with Crippen LogP contribution in [0.4, 0.5) is 4.79 Å². The first-order valence-corrected chi connectivity index (χ1v) is 16.5. The molecule has 1 saturated heterocycles. The zero-order valence-corrected chi connectivity index (χ0v) is 26.1. The molecular weight excluding hydrogens is 556 g/mol. The molecule has 4 aliphatic rings. The number of aromatic nitrogens is 1. The van der Waals surface area contributed by atoms with E-state index in [9.17, 15) is 14.4 Å². The number of pyridine rings is 1. The molecule has 0 radical (unpaired) electrons. The highest BCUT2D eigenvalue weighted by atomic mass is 16.5. The lowest BCUT2D eigenvalue weighted by molar-refractivity contribution is -0.141. The van der Waals surface area contributed by atoms with Gasteiger partial charge in [0.15, 0.2) is 0 Å². The number of nitrogens with zero attached hydrogens (tertiary/aromatic N) is 2. The maximum atomic E-state index is 14.4. The van der Waals surface area contributed by atoms with Crippen LogP contribution in [0.3, 0.4) is 0 Å². The number of carbonyl (C=O) groups excluding carboxylic acids is 3. The van der Waals surface area contributed by atoms with Crippen LogP contribution in [-0.4, -0.2) is 64.7 Å². The number of alkyl carbamates (subject to hydrolysis) is 1. The van der Waals surface area contributed by atoms with Gasteiger partial charge in [-0.2, -0.15) is 0 Å². The first kappa shape index (κ1) is 30.4. The normalized spacial score (nSPS) is 31.8. The van der Waals surface area contributed by atoms with Crippen molar-refractivity contribution in [2.75, 3.05) is 13.2 Å². The van der Waals surface area contributed by atoms with Gasteiger partial charge in [-0.15, -0.1) is 6.58 Å². The fourth-order valence-electron chi connectivity index (χ4n) is 7.37. The molecule has 9 nitrogen and oxygen atoms in total. The molecule has 2 aliphatic carbocycles. The second-order valence-electron chi connectivity index (χ2n) is 13.7. The average Bonchev–Trinajstić information content (AvgIpc) is 3.48. The Labute approximate surface area is 260 Å². The van der Waals surface area contributed by atoms with E-state index in [1.54, 1.807) is 11.1 Å². The van der Waals surface area contributed by atoms with Crippen molar-refractivity contribution in [2.45, 2.75) is 102 Å². The lowest BCUT2D eigenvalue weighted by Crippen LogP contribution is -2.57. The predicted molar refractivity (Wildman–Crippen MR) is 168 cm³/mol. The topological polar surface area (TPSA) is 110 Å². The monoisotopic (exact) mass is 602 g/mol. The molecule has 3 fully saturated rings. The molecule has 9 heteroatoms. The number of cyclic esters (lactones) is 1. The Kier molecular flexibility index (Phi) is 8.83. The minimum atomic E-state index is -0.762. The lowest BCUT2D eigenvalue weighted by Gasteiger charge is -2.34. The number of aryl methyl sites for hydroxylation is 1. The Morgan fingerprint density at radius 2 is 1.98 bits per heavy atom. The van der Waals surface area contributed by atoms with E-state index in [2.05, 4.69) is 47.3 Å². The van der Waals surface area contributed by atoms with E-state index in [4.69, 9.17) is 9.47 Å². The highest BCUT2D eigenvalue weighted by Crippen LogP contribution is 2.44. The van der Waals surface area contributed by atoms with Crippen molar-refractivity contribution in [1.29, 1.82) is 0 Å². The second kappa shape index (κ2) is 12.8. The van der Waals surface area contributed by atoms with Gasteiger partial charge >= 0.3 is 6.09 Å². The van der Waals surface area contributed by atoms with Crippen LogP contribution in [-0.2, 0) is 20.7 Å². The number of nitrogens with one attached hydrogen (secondary N) is 2. The van der Waals surface area contributed by atoms with Crippen molar-refractivity contribution in [3.8, 4) is 5.88 Å². The first-order valence-electron chi connectivity index (χ1n) is 16.5. The molecule has 2 saturated carbocycles. The molecule has 1 aromatic carbocycles. The summed E-state index contributed by atoms with van der Waals surface area (Å²) in [7, 11) is 0. The van der Waals surface area contributed by atoms with Crippen LogP contribution in [0.15, 0.2) is 43.1 Å². The summed E-state index contributed by atoms with van der Waals surface area (Å²) in [6, 6.07) is 6.85. The van der Waals surface area contributed by atoms with Crippen LogP contribution in [0.5, 0.6) is 5.88 Å². The Hall–Kier alpha value is -3.62. The number of ether oxygens (including phenoxy) is 2. The van der Waals surface area contributed by atoms with Crippen LogP contribution in [0.2, 0.25) is 0 Å². The molecule has 236 valence electrons. The third kappa shape index (κ3) is 6.57. The van der Waals surface area contributed by atoms with E-state index >= 15 is 0 Å². The second-order valence-corrected chi connectivity index (χ2v) is 13.7. The molecule has 2 unspecified atom stereocenters. The molecule has 4 bridgehead atoms. The SMILES string of the molecule is C=CC1CC1(C)NC(=O)[C@@H]1C[C@@H]2CN1C(=O)[C@H](C1CCCCC1)NC(=O)OC[C@@H](C)CCCc1ccc3ccnc(c3c1)O2. The highest BCUT2D eigenvalue weighted by molar-refractivity contribution is 5.93. The summed E-state index contributed by atoms with van der Waals surface area (Å²) in [5, 5.41) is 8.11. The molecule has 2 aliphatic heterocycles. The molecule has 2 N–H and O–H groups in total. The summed E-state index contributed by atoms with van der Waals surface area (Å²) in [6.45, 7) is 8.51. The van der Waals surface area contributed by atoms with Gasteiger partial charge in [0.25, 0.3) is 0 Å². The minimum Gasteiger partial charge on any atom is -0.472 e. The molecule has 6 rings (SSSR count). The van der Waals surface area contributed by atoms with Gasteiger partial charge in [-0.1, -0.05) is 44.4 Å². The average molecular weight is 603 g/mol. The summed E-state index contributed by atoms with van der Waals surface area (Å²) in [4.78, 5) is 47.6. The van der Waals surface area contributed by atoms with E-state index in [1.807, 2.05) is 19.1 Å². The quantitative estimate of drug-likeness (QED) is 0.459. The molecule has 44 heavy (non-hydrogen) atoms. The number of hydrogen-bond donors (Lipinski definition) is 2. The molecule has 3 heterocycles. The maximum absolute atomic E-state index is 14.4. The largest absolute Gasteiger partial charge is 0.472 e. The molecule has 1 aromatic heterocycles. The smallest absolute Gasteiger partial charge is 0.407 e. The van der Waals surface area contributed by atoms with Gasteiger partial charge < -0.3 is 25.0 Å². The number of fused-ring (bicyclic) bond motifs is 3. The fraction of sp³-hybridized carbons (Fsp3) is 0.600. The summed E-state index contributed by atoms with van der Waals surface area (Å²) < 4.78 is 12.2. The maximum Gasteiger partial charge on any atom is 0.407 e. The van der Waals surface area contributed by atoms with Crippen molar-refractivity contribution in [3.05, 3.63) is 48.7 Å². The zero-order valence-electron chi connectivity index (χ0n) is 26.1. The van der Waals surface area contributed by atoms with Crippen LogP contribution < -0.4 is 15.4 Å². The van der Waals surface area contributed by atoms with Gasteiger partial charge in [0.05, 0.1) is 13.2 Å². The summed E-state index contributed by atoms with van der Waals surface area (Å²) >= 11 is 0. The summed E-state index contributed by atoms with van der Waals surface area (Å²) in [5.41, 5.74) is 0.820. The lowest BCUT2D eigenvalue weighted by atomic mass is 9.83. The first-order chi connectivity index (χ1) is 21.2. The molecule has 6 atom stereocenters. The third-order valence-corrected chi connectivity index (χ3v) is 10.2. The van der Waals surface area contributed by atoms with Gasteiger partial charge in [-0.05, 0) is 80.4 Å². The zero-order chi connectivity index (χ0) is 30.8. The van der Waals surface area contributed by atoms with Crippen LogP contribution in [0, 0.1) is 17.8 Å². The Bertz CT molecular complexity index is 1410. The van der Waals surface area contributed by atoms with E-state index in [0.717, 1.165) is 68.6 Å². The van der Waals surface area contributed by atoms with Gasteiger partial charge in [0.2, 0.25) is 17.7 Å².